The first-order valence-electron chi connectivity index (χ1n) is 6.02. The first kappa shape index (κ1) is 16.3. The van der Waals surface area contributed by atoms with Gasteiger partial charge in [0.05, 0.1) is 17.1 Å². The number of sulfonamides is 1. The molecule has 0 aliphatic rings. The van der Waals surface area contributed by atoms with Crippen LogP contribution in [-0.4, -0.2) is 19.2 Å². The second kappa shape index (κ2) is 6.76. The number of rotatable bonds is 5. The van der Waals surface area contributed by atoms with Crippen LogP contribution in [0.15, 0.2) is 45.5 Å². The fourth-order valence-electron chi connectivity index (χ4n) is 1.69. The van der Waals surface area contributed by atoms with Gasteiger partial charge in [0.15, 0.2) is 0 Å². The minimum atomic E-state index is -3.51. The van der Waals surface area contributed by atoms with Crippen LogP contribution in [-0.2, 0) is 16.4 Å². The highest BCUT2D eigenvalue weighted by molar-refractivity contribution is 9.11. The lowest BCUT2D eigenvalue weighted by Crippen LogP contribution is -2.19. The van der Waals surface area contributed by atoms with E-state index in [1.807, 2.05) is 6.07 Å². The van der Waals surface area contributed by atoms with E-state index in [9.17, 15) is 8.42 Å². The normalized spacial score (nSPS) is 11.3. The van der Waals surface area contributed by atoms with E-state index in [-0.39, 0.29) is 5.75 Å². The second-order valence-corrected chi connectivity index (χ2v) is 7.96. The number of nitrogens with zero attached hydrogens (tertiary/aromatic N) is 1. The maximum atomic E-state index is 12.1. The minimum absolute atomic E-state index is 0.0635. The maximum Gasteiger partial charge on any atom is 0.233 e. The third-order valence-electron chi connectivity index (χ3n) is 2.70. The van der Waals surface area contributed by atoms with Gasteiger partial charge < -0.3 is 5.73 Å². The molecule has 0 spiro atoms. The number of hydrogen-bond acceptors (Lipinski definition) is 4. The van der Waals surface area contributed by atoms with Gasteiger partial charge in [-0.05, 0) is 40.2 Å². The number of nitrogens with one attached hydrogen (secondary N) is 1. The monoisotopic (exact) mass is 433 g/mol. The van der Waals surface area contributed by atoms with Crippen molar-refractivity contribution in [1.82, 2.24) is 4.98 Å². The summed E-state index contributed by atoms with van der Waals surface area (Å²) in [4.78, 5) is 4.10. The fraction of sp³-hybridized carbons (Fsp3) is 0.154. The third kappa shape index (κ3) is 4.69. The van der Waals surface area contributed by atoms with Gasteiger partial charge in [-0.15, -0.1) is 0 Å². The second-order valence-electron chi connectivity index (χ2n) is 4.34. The lowest BCUT2D eigenvalue weighted by atomic mass is 10.3. The van der Waals surface area contributed by atoms with Crippen molar-refractivity contribution in [3.05, 3.63) is 51.2 Å². The molecule has 1 heterocycles. The van der Waals surface area contributed by atoms with Crippen LogP contribution in [0.2, 0.25) is 0 Å². The van der Waals surface area contributed by atoms with Crippen molar-refractivity contribution >= 4 is 53.3 Å². The molecule has 5 nitrogen and oxygen atoms in total. The lowest BCUT2D eigenvalue weighted by molar-refractivity contribution is 0.600. The summed E-state index contributed by atoms with van der Waals surface area (Å²) in [7, 11) is -3.51. The Labute approximate surface area is 140 Å². The molecule has 0 fully saturated rings. The highest BCUT2D eigenvalue weighted by Gasteiger charge is 2.15. The Kier molecular flexibility index (Phi) is 5.23. The smallest absolute Gasteiger partial charge is 0.233 e. The van der Waals surface area contributed by atoms with Gasteiger partial charge in [0, 0.05) is 27.3 Å². The van der Waals surface area contributed by atoms with Crippen LogP contribution in [0.3, 0.4) is 0 Å². The zero-order chi connectivity index (χ0) is 15.5. The Hall–Kier alpha value is -1.12. The Morgan fingerprint density at radius 3 is 2.62 bits per heavy atom. The summed E-state index contributed by atoms with van der Waals surface area (Å²) in [5, 5.41) is 0. The van der Waals surface area contributed by atoms with E-state index >= 15 is 0 Å². The van der Waals surface area contributed by atoms with Crippen LogP contribution in [0.5, 0.6) is 0 Å². The summed E-state index contributed by atoms with van der Waals surface area (Å²) in [6, 6.07) is 8.77. The van der Waals surface area contributed by atoms with Crippen LogP contribution >= 0.6 is 31.9 Å². The molecule has 1 aromatic heterocycles. The SMILES string of the molecule is Nc1cc(Br)cc(Br)c1NS(=O)(=O)CCc1ccccn1. The molecule has 0 saturated heterocycles. The molecule has 0 saturated carbocycles. The molecule has 0 aliphatic heterocycles. The first-order valence-corrected chi connectivity index (χ1v) is 9.26. The van der Waals surface area contributed by atoms with Crippen molar-refractivity contribution in [3.8, 4) is 0 Å². The van der Waals surface area contributed by atoms with Crippen molar-refractivity contribution in [2.45, 2.75) is 6.42 Å². The number of aryl methyl sites for hydroxylation is 1. The Bertz CT molecular complexity index is 713. The van der Waals surface area contributed by atoms with E-state index < -0.39 is 10.0 Å². The molecule has 0 unspecified atom stereocenters. The number of aromatic nitrogens is 1. The largest absolute Gasteiger partial charge is 0.397 e. The average molecular weight is 435 g/mol. The lowest BCUT2D eigenvalue weighted by Gasteiger charge is -2.12. The number of anilines is 2. The molecule has 0 amide bonds. The van der Waals surface area contributed by atoms with Gasteiger partial charge >= 0.3 is 0 Å². The van der Waals surface area contributed by atoms with Crippen LogP contribution in [0, 0.1) is 0 Å². The third-order valence-corrected chi connectivity index (χ3v) is 5.04. The number of nitrogen functional groups attached to an aromatic ring is 1. The predicted octanol–water partition coefficient (Wildman–Crippen LogP) is 3.17. The van der Waals surface area contributed by atoms with Crippen LogP contribution in [0.25, 0.3) is 0 Å². The van der Waals surface area contributed by atoms with Crippen molar-refractivity contribution in [2.24, 2.45) is 0 Å². The van der Waals surface area contributed by atoms with Gasteiger partial charge in [-0.2, -0.15) is 0 Å². The highest BCUT2D eigenvalue weighted by Crippen LogP contribution is 2.33. The summed E-state index contributed by atoms with van der Waals surface area (Å²) in [6.07, 6.45) is 1.98. The predicted molar refractivity (Wildman–Crippen MR) is 91.6 cm³/mol. The number of pyridine rings is 1. The van der Waals surface area contributed by atoms with E-state index in [4.69, 9.17) is 5.73 Å². The molecule has 112 valence electrons. The molecule has 2 aromatic rings. The molecule has 0 atom stereocenters. The van der Waals surface area contributed by atoms with Crippen LogP contribution in [0.1, 0.15) is 5.69 Å². The van der Waals surface area contributed by atoms with E-state index in [0.29, 0.717) is 22.3 Å². The van der Waals surface area contributed by atoms with Crippen molar-refractivity contribution < 1.29 is 8.42 Å². The number of nitrogens with two attached hydrogens (primary N) is 1. The van der Waals surface area contributed by atoms with Gasteiger partial charge in [-0.3, -0.25) is 9.71 Å². The zero-order valence-electron chi connectivity index (χ0n) is 10.9. The van der Waals surface area contributed by atoms with E-state index in [0.717, 1.165) is 10.2 Å². The standard InChI is InChI=1S/C13H13Br2N3O2S/c14-9-7-11(15)13(12(16)8-9)18-21(19,20)6-4-10-3-1-2-5-17-10/h1-3,5,7-8,18H,4,6,16H2. The molecule has 3 N–H and O–H groups in total. The Balaban J connectivity index is 2.11. The number of benzene rings is 1. The quantitative estimate of drug-likeness (QED) is 0.707. The molecule has 21 heavy (non-hydrogen) atoms. The molecule has 1 aromatic carbocycles. The summed E-state index contributed by atoms with van der Waals surface area (Å²) < 4.78 is 28.1. The summed E-state index contributed by atoms with van der Waals surface area (Å²) >= 11 is 6.59. The highest BCUT2D eigenvalue weighted by atomic mass is 79.9. The van der Waals surface area contributed by atoms with Crippen LogP contribution in [0.4, 0.5) is 11.4 Å². The number of halogens is 2. The topological polar surface area (TPSA) is 85.1 Å². The first-order chi connectivity index (χ1) is 9.87. The van der Waals surface area contributed by atoms with Gasteiger partial charge in [0.1, 0.15) is 0 Å². The Morgan fingerprint density at radius 2 is 2.00 bits per heavy atom. The average Bonchev–Trinajstić information content (AvgIpc) is 2.42. The van der Waals surface area contributed by atoms with Gasteiger partial charge in [-0.25, -0.2) is 8.42 Å². The molecule has 0 radical (unpaired) electrons. The van der Waals surface area contributed by atoms with Gasteiger partial charge in [-0.1, -0.05) is 22.0 Å². The zero-order valence-corrected chi connectivity index (χ0v) is 14.9. The summed E-state index contributed by atoms with van der Waals surface area (Å²) in [6.45, 7) is 0. The van der Waals surface area contributed by atoms with E-state index in [2.05, 4.69) is 41.6 Å². The van der Waals surface area contributed by atoms with E-state index in [1.165, 1.54) is 0 Å². The Morgan fingerprint density at radius 1 is 1.24 bits per heavy atom. The number of hydrogen-bond donors (Lipinski definition) is 2. The van der Waals surface area contributed by atoms with Crippen molar-refractivity contribution in [2.75, 3.05) is 16.2 Å². The summed E-state index contributed by atoms with van der Waals surface area (Å²) in [5.41, 5.74) is 7.26. The molecule has 0 bridgehead atoms. The minimum Gasteiger partial charge on any atom is -0.397 e. The molecular weight excluding hydrogens is 422 g/mol. The molecule has 8 heteroatoms. The van der Waals surface area contributed by atoms with Gasteiger partial charge in [0.25, 0.3) is 0 Å². The molecule has 2 rings (SSSR count). The maximum absolute atomic E-state index is 12.1. The van der Waals surface area contributed by atoms with Crippen molar-refractivity contribution in [1.29, 1.82) is 0 Å². The van der Waals surface area contributed by atoms with E-state index in [1.54, 1.807) is 30.5 Å². The fourth-order valence-corrected chi connectivity index (χ4v) is 4.30. The van der Waals surface area contributed by atoms with Crippen LogP contribution < -0.4 is 10.5 Å². The van der Waals surface area contributed by atoms with Crippen molar-refractivity contribution in [3.63, 3.8) is 0 Å². The summed E-state index contributed by atoms with van der Waals surface area (Å²) in [5.74, 6) is -0.0635. The molecule has 0 aliphatic carbocycles. The molecular formula is C13H13Br2N3O2S. The van der Waals surface area contributed by atoms with Gasteiger partial charge in [0.2, 0.25) is 10.0 Å².